The minimum Gasteiger partial charge on any atom is -0.376 e. The molecule has 3 atom stereocenters. The van der Waals surface area contributed by atoms with E-state index in [1.165, 1.54) is 0 Å². The van der Waals surface area contributed by atoms with Crippen molar-refractivity contribution in [3.8, 4) is 0 Å². The van der Waals surface area contributed by atoms with Crippen molar-refractivity contribution in [1.82, 2.24) is 9.88 Å². The fourth-order valence-corrected chi connectivity index (χ4v) is 3.37. The van der Waals surface area contributed by atoms with Crippen LogP contribution in [0.2, 0.25) is 0 Å². The SMILES string of the molecule is CCO[C@@H]1CC[C@H]2[C@H]1OCCN2C(=O)c1cccc(C)n1. The maximum absolute atomic E-state index is 12.7. The van der Waals surface area contributed by atoms with E-state index in [0.29, 0.717) is 25.5 Å². The quantitative estimate of drug-likeness (QED) is 0.852. The maximum Gasteiger partial charge on any atom is 0.272 e. The van der Waals surface area contributed by atoms with Gasteiger partial charge in [0.1, 0.15) is 11.8 Å². The molecule has 2 aliphatic rings. The second kappa shape index (κ2) is 6.12. The van der Waals surface area contributed by atoms with Crippen LogP contribution < -0.4 is 0 Å². The fraction of sp³-hybridized carbons (Fsp3) is 0.625. The Morgan fingerprint density at radius 3 is 3.10 bits per heavy atom. The lowest BCUT2D eigenvalue weighted by molar-refractivity contribution is -0.102. The number of hydrogen-bond donors (Lipinski definition) is 0. The van der Waals surface area contributed by atoms with Gasteiger partial charge in [0.05, 0.1) is 18.8 Å². The average Bonchev–Trinajstić information content (AvgIpc) is 2.90. The summed E-state index contributed by atoms with van der Waals surface area (Å²) < 4.78 is 11.6. The molecule has 21 heavy (non-hydrogen) atoms. The molecule has 1 saturated carbocycles. The number of rotatable bonds is 3. The van der Waals surface area contributed by atoms with Crippen molar-refractivity contribution in [2.45, 2.75) is 44.9 Å². The molecule has 1 aromatic rings. The molecule has 5 heteroatoms. The third-order valence-corrected chi connectivity index (χ3v) is 4.28. The zero-order chi connectivity index (χ0) is 14.8. The van der Waals surface area contributed by atoms with E-state index in [9.17, 15) is 4.79 Å². The van der Waals surface area contributed by atoms with Crippen LogP contribution in [-0.4, -0.2) is 53.8 Å². The third-order valence-electron chi connectivity index (χ3n) is 4.28. The lowest BCUT2D eigenvalue weighted by Crippen LogP contribution is -2.54. The fourth-order valence-electron chi connectivity index (χ4n) is 3.37. The number of aryl methyl sites for hydroxylation is 1. The second-order valence-electron chi connectivity index (χ2n) is 5.64. The summed E-state index contributed by atoms with van der Waals surface area (Å²) in [6.07, 6.45) is 2.01. The first kappa shape index (κ1) is 14.5. The molecule has 0 radical (unpaired) electrons. The summed E-state index contributed by atoms with van der Waals surface area (Å²) in [7, 11) is 0. The van der Waals surface area contributed by atoms with Crippen LogP contribution in [0.1, 0.15) is 35.9 Å². The maximum atomic E-state index is 12.7. The number of nitrogens with zero attached hydrogens (tertiary/aromatic N) is 2. The Morgan fingerprint density at radius 1 is 1.48 bits per heavy atom. The highest BCUT2D eigenvalue weighted by Crippen LogP contribution is 2.32. The summed E-state index contributed by atoms with van der Waals surface area (Å²) in [5.74, 6) is 0.00847. The van der Waals surface area contributed by atoms with Gasteiger partial charge in [-0.3, -0.25) is 4.79 Å². The van der Waals surface area contributed by atoms with Gasteiger partial charge in [0.15, 0.2) is 0 Å². The van der Waals surface area contributed by atoms with Gasteiger partial charge < -0.3 is 14.4 Å². The van der Waals surface area contributed by atoms with Crippen LogP contribution in [0.15, 0.2) is 18.2 Å². The molecular formula is C16H22N2O3. The molecule has 1 amide bonds. The Labute approximate surface area is 125 Å². The van der Waals surface area contributed by atoms with Gasteiger partial charge in [-0.05, 0) is 38.8 Å². The summed E-state index contributed by atoms with van der Waals surface area (Å²) in [4.78, 5) is 19.0. The molecule has 0 unspecified atom stereocenters. The molecule has 1 saturated heterocycles. The summed E-state index contributed by atoms with van der Waals surface area (Å²) in [5, 5.41) is 0. The highest BCUT2D eigenvalue weighted by atomic mass is 16.5. The summed E-state index contributed by atoms with van der Waals surface area (Å²) in [6.45, 7) is 5.79. The number of fused-ring (bicyclic) bond motifs is 1. The predicted octanol–water partition coefficient (Wildman–Crippen LogP) is 1.80. The van der Waals surface area contributed by atoms with E-state index < -0.39 is 0 Å². The van der Waals surface area contributed by atoms with Crippen molar-refractivity contribution in [1.29, 1.82) is 0 Å². The first-order valence-electron chi connectivity index (χ1n) is 7.68. The smallest absolute Gasteiger partial charge is 0.272 e. The van der Waals surface area contributed by atoms with E-state index in [2.05, 4.69) is 4.98 Å². The van der Waals surface area contributed by atoms with Gasteiger partial charge in [-0.2, -0.15) is 0 Å². The number of morpholine rings is 1. The monoisotopic (exact) mass is 290 g/mol. The van der Waals surface area contributed by atoms with Crippen molar-refractivity contribution in [3.05, 3.63) is 29.6 Å². The zero-order valence-electron chi connectivity index (χ0n) is 12.6. The van der Waals surface area contributed by atoms with Crippen LogP contribution in [0.3, 0.4) is 0 Å². The number of ether oxygens (including phenoxy) is 2. The van der Waals surface area contributed by atoms with Crippen molar-refractivity contribution < 1.29 is 14.3 Å². The van der Waals surface area contributed by atoms with E-state index in [4.69, 9.17) is 9.47 Å². The average molecular weight is 290 g/mol. The van der Waals surface area contributed by atoms with Gasteiger partial charge in [0, 0.05) is 18.8 Å². The minimum absolute atomic E-state index is 0.00691. The first-order chi connectivity index (χ1) is 10.2. The molecule has 0 spiro atoms. The van der Waals surface area contributed by atoms with Gasteiger partial charge >= 0.3 is 0 Å². The Hall–Kier alpha value is -1.46. The summed E-state index contributed by atoms with van der Waals surface area (Å²) in [5.41, 5.74) is 1.39. The van der Waals surface area contributed by atoms with Gasteiger partial charge in [-0.1, -0.05) is 6.07 Å². The van der Waals surface area contributed by atoms with Crippen molar-refractivity contribution in [2.24, 2.45) is 0 Å². The Balaban J connectivity index is 1.78. The van der Waals surface area contributed by atoms with Crippen LogP contribution in [0.5, 0.6) is 0 Å². The number of pyridine rings is 1. The van der Waals surface area contributed by atoms with Crippen LogP contribution in [-0.2, 0) is 9.47 Å². The molecule has 1 aromatic heterocycles. The molecule has 3 rings (SSSR count). The molecule has 0 bridgehead atoms. The van der Waals surface area contributed by atoms with Crippen molar-refractivity contribution in [3.63, 3.8) is 0 Å². The molecule has 2 fully saturated rings. The van der Waals surface area contributed by atoms with Crippen LogP contribution in [0, 0.1) is 6.92 Å². The van der Waals surface area contributed by atoms with Gasteiger partial charge in [0.2, 0.25) is 0 Å². The number of carbonyl (C=O) groups excluding carboxylic acids is 1. The van der Waals surface area contributed by atoms with E-state index in [1.807, 2.05) is 30.9 Å². The van der Waals surface area contributed by atoms with Crippen LogP contribution in [0.25, 0.3) is 0 Å². The largest absolute Gasteiger partial charge is 0.376 e. The van der Waals surface area contributed by atoms with Crippen molar-refractivity contribution >= 4 is 5.91 Å². The van der Waals surface area contributed by atoms with Gasteiger partial charge in [-0.15, -0.1) is 0 Å². The minimum atomic E-state index is 0.00691. The van der Waals surface area contributed by atoms with Gasteiger partial charge in [0.25, 0.3) is 5.91 Å². The highest BCUT2D eigenvalue weighted by Gasteiger charge is 2.45. The number of aromatic nitrogens is 1. The first-order valence-corrected chi connectivity index (χ1v) is 7.68. The standard InChI is InChI=1S/C16H22N2O3/c1-3-20-14-8-7-13-15(14)21-10-9-18(13)16(19)12-6-4-5-11(2)17-12/h4-6,13-15H,3,7-10H2,1-2H3/t13-,14+,15+/m0/s1. The molecule has 0 N–H and O–H groups in total. The Bertz CT molecular complexity index is 520. The highest BCUT2D eigenvalue weighted by molar-refractivity contribution is 5.92. The number of carbonyl (C=O) groups is 1. The molecule has 5 nitrogen and oxygen atoms in total. The van der Waals surface area contributed by atoms with E-state index in [-0.39, 0.29) is 24.2 Å². The van der Waals surface area contributed by atoms with Crippen LogP contribution >= 0.6 is 0 Å². The Kier molecular flexibility index (Phi) is 4.22. The summed E-state index contributed by atoms with van der Waals surface area (Å²) in [6, 6.07) is 5.68. The third kappa shape index (κ3) is 2.80. The van der Waals surface area contributed by atoms with E-state index in [0.717, 1.165) is 18.5 Å². The molecule has 114 valence electrons. The normalized spacial score (nSPS) is 28.5. The molecule has 2 heterocycles. The van der Waals surface area contributed by atoms with Crippen LogP contribution in [0.4, 0.5) is 0 Å². The number of amides is 1. The van der Waals surface area contributed by atoms with E-state index >= 15 is 0 Å². The second-order valence-corrected chi connectivity index (χ2v) is 5.64. The molecular weight excluding hydrogens is 268 g/mol. The number of hydrogen-bond acceptors (Lipinski definition) is 4. The zero-order valence-corrected chi connectivity index (χ0v) is 12.6. The Morgan fingerprint density at radius 2 is 2.33 bits per heavy atom. The lowest BCUT2D eigenvalue weighted by atomic mass is 10.1. The lowest BCUT2D eigenvalue weighted by Gasteiger charge is -2.38. The predicted molar refractivity (Wildman–Crippen MR) is 78.2 cm³/mol. The van der Waals surface area contributed by atoms with E-state index in [1.54, 1.807) is 6.07 Å². The summed E-state index contributed by atoms with van der Waals surface area (Å²) >= 11 is 0. The molecule has 1 aliphatic heterocycles. The van der Waals surface area contributed by atoms with Crippen molar-refractivity contribution in [2.75, 3.05) is 19.8 Å². The van der Waals surface area contributed by atoms with Gasteiger partial charge in [-0.25, -0.2) is 4.98 Å². The molecule has 0 aromatic carbocycles. The topological polar surface area (TPSA) is 51.7 Å². The molecule has 1 aliphatic carbocycles.